The van der Waals surface area contributed by atoms with Gasteiger partial charge in [0.15, 0.2) is 0 Å². The largest absolute Gasteiger partial charge is 0.444 e. The predicted molar refractivity (Wildman–Crippen MR) is 75.7 cm³/mol. The Kier molecular flexibility index (Phi) is 8.19. The van der Waals surface area contributed by atoms with E-state index in [2.05, 4.69) is 5.32 Å². The molecule has 0 spiro atoms. The van der Waals surface area contributed by atoms with E-state index in [0.717, 1.165) is 19.3 Å². The molecule has 0 heterocycles. The minimum absolute atomic E-state index is 0.102. The Morgan fingerprint density at radius 2 is 1.79 bits per heavy atom. The molecule has 0 aliphatic heterocycles. The van der Waals surface area contributed by atoms with E-state index in [1.807, 2.05) is 20.8 Å². The van der Waals surface area contributed by atoms with Gasteiger partial charge in [-0.2, -0.15) is 0 Å². The average Bonchev–Trinajstić information content (AvgIpc) is 2.40. The number of nitrogens with two attached hydrogens (primary N) is 1. The molecule has 1 fully saturated rings. The quantitative estimate of drug-likeness (QED) is 0.828. The zero-order valence-electron chi connectivity index (χ0n) is 12.6. The van der Waals surface area contributed by atoms with E-state index in [9.17, 15) is 9.59 Å². The lowest BCUT2D eigenvalue weighted by Gasteiger charge is -2.22. The second-order valence-electron chi connectivity index (χ2n) is 5.49. The Morgan fingerprint density at radius 3 is 2.11 bits per heavy atom. The van der Waals surface area contributed by atoms with Gasteiger partial charge in [-0.15, -0.1) is 0 Å². The lowest BCUT2D eigenvalue weighted by Crippen LogP contribution is -2.32. The van der Waals surface area contributed by atoms with Crippen LogP contribution in [0.15, 0.2) is 0 Å². The van der Waals surface area contributed by atoms with Crippen LogP contribution in [-0.4, -0.2) is 24.6 Å². The van der Waals surface area contributed by atoms with Crippen LogP contribution in [0.1, 0.15) is 59.3 Å². The van der Waals surface area contributed by atoms with Gasteiger partial charge in [0.25, 0.3) is 0 Å². The molecule has 3 N–H and O–H groups in total. The molecule has 1 aliphatic carbocycles. The van der Waals surface area contributed by atoms with Crippen molar-refractivity contribution < 1.29 is 14.3 Å². The fourth-order valence-corrected chi connectivity index (χ4v) is 1.76. The summed E-state index contributed by atoms with van der Waals surface area (Å²) in [4.78, 5) is 21.2. The topological polar surface area (TPSA) is 81.4 Å². The van der Waals surface area contributed by atoms with Crippen LogP contribution >= 0.6 is 0 Å². The van der Waals surface area contributed by atoms with Gasteiger partial charge in [0.2, 0.25) is 5.91 Å². The highest BCUT2D eigenvalue weighted by atomic mass is 16.6. The first kappa shape index (κ1) is 17.7. The molecular formula is C14H28N2O3. The summed E-state index contributed by atoms with van der Waals surface area (Å²) >= 11 is 0. The third-order valence-corrected chi connectivity index (χ3v) is 3.43. The molecule has 19 heavy (non-hydrogen) atoms. The van der Waals surface area contributed by atoms with E-state index in [4.69, 9.17) is 10.5 Å². The summed E-state index contributed by atoms with van der Waals surface area (Å²) in [6.07, 6.45) is 6.16. The van der Waals surface area contributed by atoms with Crippen LogP contribution < -0.4 is 11.1 Å². The van der Waals surface area contributed by atoms with Gasteiger partial charge in [-0.1, -0.05) is 26.2 Å². The van der Waals surface area contributed by atoms with E-state index in [1.165, 1.54) is 19.3 Å². The highest BCUT2D eigenvalue weighted by Crippen LogP contribution is 2.22. The molecule has 0 aromatic rings. The predicted octanol–water partition coefficient (Wildman–Crippen LogP) is 2.58. The normalized spacial score (nSPS) is 16.0. The molecule has 2 amide bonds. The van der Waals surface area contributed by atoms with E-state index >= 15 is 0 Å². The summed E-state index contributed by atoms with van der Waals surface area (Å²) in [5, 5.41) is 2.39. The molecule has 1 rings (SSSR count). The molecule has 5 heteroatoms. The van der Waals surface area contributed by atoms with Gasteiger partial charge in [0.1, 0.15) is 5.60 Å². The molecule has 0 radical (unpaired) electrons. The van der Waals surface area contributed by atoms with Gasteiger partial charge in [-0.3, -0.25) is 4.79 Å². The van der Waals surface area contributed by atoms with Crippen molar-refractivity contribution in [3.05, 3.63) is 0 Å². The van der Waals surface area contributed by atoms with Crippen LogP contribution in [0.3, 0.4) is 0 Å². The standard InChI is InChI=1S/C7H15NO2.C7H13NO/c1-5-7(2,3)10-6(9)8-4;8-7(9)6-4-2-1-3-5-6/h5H2,1-4H3,(H,8,9);6H,1-5H2,(H2,8,9). The van der Waals surface area contributed by atoms with E-state index in [-0.39, 0.29) is 23.5 Å². The minimum atomic E-state index is -0.369. The van der Waals surface area contributed by atoms with Crippen molar-refractivity contribution in [2.45, 2.75) is 64.9 Å². The van der Waals surface area contributed by atoms with Gasteiger partial charge in [-0.05, 0) is 33.1 Å². The first-order valence-electron chi connectivity index (χ1n) is 7.02. The highest BCUT2D eigenvalue weighted by Gasteiger charge is 2.19. The SMILES string of the molecule is CCC(C)(C)OC(=O)NC.NC(=O)C1CCCCC1. The summed E-state index contributed by atoms with van der Waals surface area (Å²) in [5.74, 6) is 0.0912. The zero-order valence-corrected chi connectivity index (χ0v) is 12.6. The molecule has 1 aliphatic rings. The highest BCUT2D eigenvalue weighted by molar-refractivity contribution is 5.76. The Hall–Kier alpha value is -1.26. The van der Waals surface area contributed by atoms with Crippen LogP contribution in [0, 0.1) is 5.92 Å². The van der Waals surface area contributed by atoms with Crippen LogP contribution in [-0.2, 0) is 9.53 Å². The van der Waals surface area contributed by atoms with E-state index < -0.39 is 0 Å². The van der Waals surface area contributed by atoms with Gasteiger partial charge in [0.05, 0.1) is 0 Å². The molecule has 0 aromatic heterocycles. The molecule has 0 atom stereocenters. The van der Waals surface area contributed by atoms with Crippen LogP contribution in [0.2, 0.25) is 0 Å². The molecule has 1 saturated carbocycles. The second-order valence-corrected chi connectivity index (χ2v) is 5.49. The average molecular weight is 272 g/mol. The number of amides is 2. The Bertz CT molecular complexity index is 284. The number of primary amides is 1. The van der Waals surface area contributed by atoms with Crippen molar-refractivity contribution in [2.24, 2.45) is 11.7 Å². The number of alkyl carbamates (subject to hydrolysis) is 1. The molecule has 5 nitrogen and oxygen atoms in total. The Balaban J connectivity index is 0.000000342. The van der Waals surface area contributed by atoms with Crippen molar-refractivity contribution in [1.29, 1.82) is 0 Å². The number of rotatable bonds is 3. The molecule has 0 saturated heterocycles. The van der Waals surface area contributed by atoms with Crippen molar-refractivity contribution in [2.75, 3.05) is 7.05 Å². The summed E-state index contributed by atoms with van der Waals surface area (Å²) < 4.78 is 4.99. The minimum Gasteiger partial charge on any atom is -0.444 e. The first-order chi connectivity index (χ1) is 8.82. The summed E-state index contributed by atoms with van der Waals surface area (Å²) in [6.45, 7) is 5.73. The van der Waals surface area contributed by atoms with Gasteiger partial charge in [0, 0.05) is 13.0 Å². The number of hydrogen-bond donors (Lipinski definition) is 2. The molecule has 112 valence electrons. The summed E-state index contributed by atoms with van der Waals surface area (Å²) in [6, 6.07) is 0. The van der Waals surface area contributed by atoms with Crippen molar-refractivity contribution in [3.8, 4) is 0 Å². The number of carbonyl (C=O) groups is 2. The summed E-state index contributed by atoms with van der Waals surface area (Å²) in [5.41, 5.74) is 4.78. The van der Waals surface area contributed by atoms with Crippen molar-refractivity contribution in [1.82, 2.24) is 5.32 Å². The number of carbonyl (C=O) groups excluding carboxylic acids is 2. The van der Waals surface area contributed by atoms with Crippen molar-refractivity contribution >= 4 is 12.0 Å². The fraction of sp³-hybridized carbons (Fsp3) is 0.857. The van der Waals surface area contributed by atoms with Gasteiger partial charge >= 0.3 is 6.09 Å². The van der Waals surface area contributed by atoms with Crippen molar-refractivity contribution in [3.63, 3.8) is 0 Å². The summed E-state index contributed by atoms with van der Waals surface area (Å²) in [7, 11) is 1.55. The second kappa shape index (κ2) is 8.77. The lowest BCUT2D eigenvalue weighted by molar-refractivity contribution is -0.122. The third-order valence-electron chi connectivity index (χ3n) is 3.43. The Morgan fingerprint density at radius 1 is 1.26 bits per heavy atom. The molecule has 0 aromatic carbocycles. The monoisotopic (exact) mass is 272 g/mol. The fourth-order valence-electron chi connectivity index (χ4n) is 1.76. The first-order valence-corrected chi connectivity index (χ1v) is 7.02. The maximum Gasteiger partial charge on any atom is 0.407 e. The zero-order chi connectivity index (χ0) is 14.9. The van der Waals surface area contributed by atoms with Crippen LogP contribution in [0.4, 0.5) is 4.79 Å². The third kappa shape index (κ3) is 8.46. The number of nitrogens with one attached hydrogen (secondary N) is 1. The molecule has 0 bridgehead atoms. The van der Waals surface area contributed by atoms with E-state index in [1.54, 1.807) is 7.05 Å². The smallest absolute Gasteiger partial charge is 0.407 e. The van der Waals surface area contributed by atoms with Gasteiger partial charge < -0.3 is 15.8 Å². The number of hydrogen-bond acceptors (Lipinski definition) is 3. The van der Waals surface area contributed by atoms with E-state index in [0.29, 0.717) is 0 Å². The van der Waals surface area contributed by atoms with Crippen LogP contribution in [0.25, 0.3) is 0 Å². The molecule has 0 unspecified atom stereocenters. The van der Waals surface area contributed by atoms with Crippen LogP contribution in [0.5, 0.6) is 0 Å². The Labute approximate surface area is 116 Å². The maximum atomic E-state index is 10.7. The number of ether oxygens (including phenoxy) is 1. The lowest BCUT2D eigenvalue weighted by atomic mass is 9.89. The molecular weight excluding hydrogens is 244 g/mol. The maximum absolute atomic E-state index is 10.7. The van der Waals surface area contributed by atoms with Gasteiger partial charge in [-0.25, -0.2) is 4.79 Å².